The lowest BCUT2D eigenvalue weighted by molar-refractivity contribution is -0.141. The Morgan fingerprint density at radius 3 is 2.68 bits per heavy atom. The van der Waals surface area contributed by atoms with Crippen LogP contribution in [0, 0.1) is 0 Å². The van der Waals surface area contributed by atoms with Gasteiger partial charge in [-0.15, -0.1) is 0 Å². The minimum Gasteiger partial charge on any atom is -0.379 e. The third kappa shape index (κ3) is 3.03. The lowest BCUT2D eigenvalue weighted by Crippen LogP contribution is -2.45. The number of nitrogens with zero attached hydrogens (tertiary/aromatic N) is 3. The number of alkyl halides is 3. The first-order valence-corrected chi connectivity index (χ1v) is 7.24. The standard InChI is InChI=1S/C14H18F3N3O2/c1-21-10-8-13(22-9-10)3-6-20(7-4-13)12-18-5-2-11(19-12)14(15,16)17/h2,5,10H,3-4,6-9H2,1H3. The molecule has 1 spiro atoms. The molecule has 0 N–H and O–H groups in total. The van der Waals surface area contributed by atoms with Gasteiger partial charge in [0.15, 0.2) is 0 Å². The van der Waals surface area contributed by atoms with Crippen LogP contribution >= 0.6 is 0 Å². The quantitative estimate of drug-likeness (QED) is 0.837. The summed E-state index contributed by atoms with van der Waals surface area (Å²) in [6, 6.07) is 0.887. The average Bonchev–Trinajstić information content (AvgIpc) is 2.90. The van der Waals surface area contributed by atoms with Gasteiger partial charge in [0, 0.05) is 32.8 Å². The summed E-state index contributed by atoms with van der Waals surface area (Å²) >= 11 is 0. The van der Waals surface area contributed by atoms with E-state index >= 15 is 0 Å². The third-order valence-corrected chi connectivity index (χ3v) is 4.40. The predicted octanol–water partition coefficient (Wildman–Crippen LogP) is 2.27. The van der Waals surface area contributed by atoms with Crippen molar-refractivity contribution in [1.82, 2.24) is 9.97 Å². The highest BCUT2D eigenvalue weighted by Crippen LogP contribution is 2.37. The number of rotatable bonds is 2. The summed E-state index contributed by atoms with van der Waals surface area (Å²) in [5, 5.41) is 0. The van der Waals surface area contributed by atoms with Gasteiger partial charge in [0.1, 0.15) is 5.69 Å². The molecule has 1 unspecified atom stereocenters. The molecule has 1 atom stereocenters. The van der Waals surface area contributed by atoms with Crippen LogP contribution in [0.2, 0.25) is 0 Å². The van der Waals surface area contributed by atoms with Crippen molar-refractivity contribution in [3.8, 4) is 0 Å². The summed E-state index contributed by atoms with van der Waals surface area (Å²) < 4.78 is 49.3. The molecule has 8 heteroatoms. The normalized spacial score (nSPS) is 24.9. The molecule has 1 aromatic rings. The smallest absolute Gasteiger partial charge is 0.379 e. The summed E-state index contributed by atoms with van der Waals surface area (Å²) in [6.45, 7) is 1.74. The Kier molecular flexibility index (Phi) is 3.98. The van der Waals surface area contributed by atoms with Crippen LogP contribution in [0.15, 0.2) is 12.3 Å². The first kappa shape index (κ1) is 15.5. The zero-order valence-electron chi connectivity index (χ0n) is 12.3. The summed E-state index contributed by atoms with van der Waals surface area (Å²) in [6.07, 6.45) is -0.867. The largest absolute Gasteiger partial charge is 0.433 e. The molecule has 3 heterocycles. The minimum absolute atomic E-state index is 0.108. The fraction of sp³-hybridized carbons (Fsp3) is 0.714. The SMILES string of the molecule is COC1COC2(CCN(c3nccc(C(F)(F)F)n3)CC2)C1. The molecule has 1 aromatic heterocycles. The summed E-state index contributed by atoms with van der Waals surface area (Å²) in [5.74, 6) is 0.131. The monoisotopic (exact) mass is 317 g/mol. The van der Waals surface area contributed by atoms with Gasteiger partial charge in [-0.3, -0.25) is 0 Å². The van der Waals surface area contributed by atoms with Crippen LogP contribution in [0.4, 0.5) is 19.1 Å². The first-order chi connectivity index (χ1) is 10.4. The first-order valence-electron chi connectivity index (χ1n) is 7.24. The highest BCUT2D eigenvalue weighted by Gasteiger charge is 2.43. The second-order valence-corrected chi connectivity index (χ2v) is 5.78. The van der Waals surface area contributed by atoms with Crippen LogP contribution < -0.4 is 4.90 Å². The maximum atomic E-state index is 12.7. The Morgan fingerprint density at radius 2 is 2.09 bits per heavy atom. The number of hydrogen-bond donors (Lipinski definition) is 0. The van der Waals surface area contributed by atoms with Gasteiger partial charge >= 0.3 is 6.18 Å². The maximum absolute atomic E-state index is 12.7. The minimum atomic E-state index is -4.45. The molecule has 2 fully saturated rings. The van der Waals surface area contributed by atoms with E-state index in [0.717, 1.165) is 31.5 Å². The van der Waals surface area contributed by atoms with Crippen molar-refractivity contribution in [2.45, 2.75) is 37.1 Å². The van der Waals surface area contributed by atoms with Gasteiger partial charge in [0.25, 0.3) is 0 Å². The fourth-order valence-corrected chi connectivity index (χ4v) is 3.08. The van der Waals surface area contributed by atoms with Crippen molar-refractivity contribution >= 4 is 5.95 Å². The molecule has 0 amide bonds. The predicted molar refractivity (Wildman–Crippen MR) is 72.6 cm³/mol. The van der Waals surface area contributed by atoms with E-state index < -0.39 is 11.9 Å². The highest BCUT2D eigenvalue weighted by atomic mass is 19.4. The molecule has 0 radical (unpaired) electrons. The fourth-order valence-electron chi connectivity index (χ4n) is 3.08. The second kappa shape index (κ2) is 5.66. The average molecular weight is 317 g/mol. The van der Waals surface area contributed by atoms with Crippen molar-refractivity contribution in [2.24, 2.45) is 0 Å². The number of methoxy groups -OCH3 is 1. The molecule has 0 saturated carbocycles. The van der Waals surface area contributed by atoms with E-state index in [1.165, 1.54) is 0 Å². The highest BCUT2D eigenvalue weighted by molar-refractivity contribution is 5.32. The van der Waals surface area contributed by atoms with Crippen LogP contribution in [0.5, 0.6) is 0 Å². The summed E-state index contributed by atoms with van der Waals surface area (Å²) in [7, 11) is 1.67. The molecule has 22 heavy (non-hydrogen) atoms. The lowest BCUT2D eigenvalue weighted by Gasteiger charge is -2.38. The molecule has 2 aliphatic rings. The Bertz CT molecular complexity index is 530. The van der Waals surface area contributed by atoms with E-state index in [9.17, 15) is 13.2 Å². The van der Waals surface area contributed by atoms with Gasteiger partial charge in [-0.1, -0.05) is 0 Å². The molecule has 5 nitrogen and oxygen atoms in total. The summed E-state index contributed by atoms with van der Waals surface area (Å²) in [4.78, 5) is 9.39. The molecule has 2 aliphatic heterocycles. The number of aromatic nitrogens is 2. The van der Waals surface area contributed by atoms with Crippen LogP contribution in [-0.4, -0.2) is 48.5 Å². The molecule has 3 rings (SSSR count). The van der Waals surface area contributed by atoms with Gasteiger partial charge in [-0.05, 0) is 18.9 Å². The van der Waals surface area contributed by atoms with Crippen LogP contribution in [0.25, 0.3) is 0 Å². The van der Waals surface area contributed by atoms with Gasteiger partial charge < -0.3 is 14.4 Å². The van der Waals surface area contributed by atoms with Crippen LogP contribution in [-0.2, 0) is 15.7 Å². The van der Waals surface area contributed by atoms with Gasteiger partial charge in [0.2, 0.25) is 5.95 Å². The second-order valence-electron chi connectivity index (χ2n) is 5.78. The molecule has 0 aromatic carbocycles. The van der Waals surface area contributed by atoms with Crippen LogP contribution in [0.3, 0.4) is 0 Å². The third-order valence-electron chi connectivity index (χ3n) is 4.40. The van der Waals surface area contributed by atoms with E-state index in [2.05, 4.69) is 9.97 Å². The van der Waals surface area contributed by atoms with Crippen molar-refractivity contribution < 1.29 is 22.6 Å². The van der Waals surface area contributed by atoms with E-state index in [-0.39, 0.29) is 17.7 Å². The van der Waals surface area contributed by atoms with Crippen molar-refractivity contribution in [3.05, 3.63) is 18.0 Å². The van der Waals surface area contributed by atoms with Crippen molar-refractivity contribution in [2.75, 3.05) is 31.7 Å². The number of anilines is 1. The van der Waals surface area contributed by atoms with Gasteiger partial charge in [-0.25, -0.2) is 9.97 Å². The molecular weight excluding hydrogens is 299 g/mol. The molecule has 0 aliphatic carbocycles. The van der Waals surface area contributed by atoms with E-state index in [1.807, 2.05) is 0 Å². The molecule has 2 saturated heterocycles. The molecule has 122 valence electrons. The molecular formula is C14H18F3N3O2. The Morgan fingerprint density at radius 1 is 1.36 bits per heavy atom. The van der Waals surface area contributed by atoms with Crippen molar-refractivity contribution in [3.63, 3.8) is 0 Å². The topological polar surface area (TPSA) is 47.5 Å². The Balaban J connectivity index is 1.67. The van der Waals surface area contributed by atoms with Crippen molar-refractivity contribution in [1.29, 1.82) is 0 Å². The van der Waals surface area contributed by atoms with E-state index in [0.29, 0.717) is 19.7 Å². The lowest BCUT2D eigenvalue weighted by atomic mass is 9.88. The van der Waals surface area contributed by atoms with Gasteiger partial charge in [-0.2, -0.15) is 13.2 Å². The zero-order valence-corrected chi connectivity index (χ0v) is 12.3. The number of halogens is 3. The van der Waals surface area contributed by atoms with Gasteiger partial charge in [0.05, 0.1) is 18.3 Å². The number of piperidine rings is 1. The number of hydrogen-bond acceptors (Lipinski definition) is 5. The summed E-state index contributed by atoms with van der Waals surface area (Å²) in [5.41, 5.74) is -1.12. The Hall–Kier alpha value is -1.41. The van der Waals surface area contributed by atoms with E-state index in [4.69, 9.17) is 9.47 Å². The maximum Gasteiger partial charge on any atom is 0.433 e. The van der Waals surface area contributed by atoms with Crippen LogP contribution in [0.1, 0.15) is 25.0 Å². The number of ether oxygens (including phenoxy) is 2. The van der Waals surface area contributed by atoms with E-state index in [1.54, 1.807) is 12.0 Å². The molecule has 0 bridgehead atoms. The Labute approximate surface area is 126 Å². The zero-order chi connectivity index (χ0) is 15.8.